The van der Waals surface area contributed by atoms with Crippen LogP contribution in [0, 0.1) is 5.95 Å². The normalized spacial score (nSPS) is 17.9. The monoisotopic (exact) mass is 448 g/mol. The molecular weight excluding hydrogens is 423 g/mol. The Balaban J connectivity index is 1.94. The van der Waals surface area contributed by atoms with Crippen molar-refractivity contribution >= 4 is 17.8 Å². The molecule has 1 aliphatic heterocycles. The lowest BCUT2D eigenvalue weighted by Gasteiger charge is -2.25. The number of halogens is 1. The molecule has 3 heterocycles. The Hall–Kier alpha value is -4.01. The lowest BCUT2D eigenvalue weighted by atomic mass is 9.83. The number of hydrogen-bond donors (Lipinski definition) is 2. The van der Waals surface area contributed by atoms with Crippen molar-refractivity contribution in [3.63, 3.8) is 0 Å². The number of pyridine rings is 1. The van der Waals surface area contributed by atoms with Crippen molar-refractivity contribution in [2.75, 3.05) is 13.6 Å². The van der Waals surface area contributed by atoms with Crippen molar-refractivity contribution in [1.29, 1.82) is 0 Å². The summed E-state index contributed by atoms with van der Waals surface area (Å²) in [6.45, 7) is 4.74. The molecule has 170 valence electrons. The highest BCUT2D eigenvalue weighted by Gasteiger charge is 2.50. The third kappa shape index (κ3) is 3.55. The van der Waals surface area contributed by atoms with E-state index in [1.165, 1.54) is 11.1 Å². The molecule has 0 saturated carbocycles. The number of rotatable bonds is 6. The van der Waals surface area contributed by atoms with Gasteiger partial charge in [0.15, 0.2) is 11.5 Å². The lowest BCUT2D eigenvalue weighted by molar-refractivity contribution is -0.129. The fourth-order valence-corrected chi connectivity index (χ4v) is 4.11. The average Bonchev–Trinajstić information content (AvgIpc) is 3.35. The molecule has 2 aromatic heterocycles. The van der Waals surface area contributed by atoms with Gasteiger partial charge in [-0.1, -0.05) is 18.2 Å². The summed E-state index contributed by atoms with van der Waals surface area (Å²) in [5.41, 5.74) is 6.86. The third-order valence-corrected chi connectivity index (χ3v) is 5.82. The molecule has 4 rings (SSSR count). The van der Waals surface area contributed by atoms with Gasteiger partial charge in [0, 0.05) is 43.7 Å². The summed E-state index contributed by atoms with van der Waals surface area (Å²) < 4.78 is 16.2. The zero-order valence-corrected chi connectivity index (χ0v) is 18.7. The van der Waals surface area contributed by atoms with Crippen LogP contribution in [-0.2, 0) is 16.9 Å². The Bertz CT molecular complexity index is 1270. The molecule has 0 fully saturated rings. The molecule has 0 aliphatic carbocycles. The van der Waals surface area contributed by atoms with Crippen LogP contribution in [-0.4, -0.2) is 45.8 Å². The second-order valence-electron chi connectivity index (χ2n) is 7.73. The molecule has 0 saturated heterocycles. The van der Waals surface area contributed by atoms with Gasteiger partial charge in [-0.3, -0.25) is 14.5 Å². The number of nitrogens with one attached hydrogen (secondary N) is 1. The molecule has 0 bridgehead atoms. The third-order valence-electron chi connectivity index (χ3n) is 5.82. The van der Waals surface area contributed by atoms with E-state index in [1.807, 2.05) is 13.8 Å². The van der Waals surface area contributed by atoms with Gasteiger partial charge in [0.05, 0.1) is 0 Å². The van der Waals surface area contributed by atoms with E-state index in [0.717, 1.165) is 0 Å². The van der Waals surface area contributed by atoms with Crippen LogP contribution in [0.3, 0.4) is 0 Å². The number of aromatic nitrogens is 2. The van der Waals surface area contributed by atoms with E-state index in [4.69, 9.17) is 5.73 Å². The Morgan fingerprint density at radius 3 is 2.61 bits per heavy atom. The summed E-state index contributed by atoms with van der Waals surface area (Å²) in [6.07, 6.45) is 3.12. The van der Waals surface area contributed by atoms with Crippen LogP contribution in [0.25, 0.3) is 11.1 Å². The van der Waals surface area contributed by atoms with Crippen LogP contribution in [0.1, 0.15) is 35.5 Å². The number of carbonyl (C=O) groups is 2. The fourth-order valence-electron chi connectivity index (χ4n) is 4.11. The largest absolute Gasteiger partial charge is 0.369 e. The number of guanidine groups is 1. The topological polar surface area (TPSA) is 106 Å². The van der Waals surface area contributed by atoms with E-state index >= 15 is 0 Å². The van der Waals surface area contributed by atoms with Crippen molar-refractivity contribution in [2.24, 2.45) is 10.7 Å². The summed E-state index contributed by atoms with van der Waals surface area (Å²) in [6, 6.07) is 11.9. The Morgan fingerprint density at radius 2 is 1.97 bits per heavy atom. The van der Waals surface area contributed by atoms with Crippen LogP contribution in [0.5, 0.6) is 0 Å². The van der Waals surface area contributed by atoms with Crippen LogP contribution < -0.4 is 11.1 Å². The second kappa shape index (κ2) is 8.50. The number of amides is 2. The minimum Gasteiger partial charge on any atom is -0.369 e. The molecular formula is C24H25FN6O2. The maximum Gasteiger partial charge on any atom is 0.267 e. The van der Waals surface area contributed by atoms with Crippen LogP contribution in [0.2, 0.25) is 0 Å². The molecule has 3 N–H and O–H groups in total. The molecule has 8 nitrogen and oxygen atoms in total. The van der Waals surface area contributed by atoms with Gasteiger partial charge in [0.1, 0.15) is 5.69 Å². The summed E-state index contributed by atoms with van der Waals surface area (Å²) >= 11 is 0. The van der Waals surface area contributed by atoms with E-state index in [1.54, 1.807) is 60.3 Å². The Morgan fingerprint density at radius 1 is 1.18 bits per heavy atom. The lowest BCUT2D eigenvalue weighted by Crippen LogP contribution is -2.41. The molecule has 3 aromatic rings. The maximum atomic E-state index is 14.4. The summed E-state index contributed by atoms with van der Waals surface area (Å²) in [5.74, 6) is -1.17. The molecule has 33 heavy (non-hydrogen) atoms. The van der Waals surface area contributed by atoms with E-state index in [9.17, 15) is 14.0 Å². The molecule has 0 radical (unpaired) electrons. The first-order chi connectivity index (χ1) is 15.8. The zero-order chi connectivity index (χ0) is 23.8. The minimum atomic E-state index is -1.50. The highest BCUT2D eigenvalue weighted by molar-refractivity contribution is 6.09. The maximum absolute atomic E-state index is 14.4. The van der Waals surface area contributed by atoms with Crippen LogP contribution in [0.4, 0.5) is 4.39 Å². The number of benzene rings is 1. The van der Waals surface area contributed by atoms with E-state index in [-0.39, 0.29) is 17.8 Å². The quantitative estimate of drug-likeness (QED) is 0.565. The molecule has 0 spiro atoms. The first-order valence-electron chi connectivity index (χ1n) is 10.7. The van der Waals surface area contributed by atoms with Gasteiger partial charge in [-0.15, -0.1) is 0 Å². The smallest absolute Gasteiger partial charge is 0.267 e. The Kier molecular flexibility index (Phi) is 5.71. The molecule has 2 amide bonds. The SMILES string of the molecule is CCNC(=O)c1cc(C2(c3cccc(-c4cccnc4F)c3)N=C(N)N(C)C2=O)cn1CC. The molecule has 1 aromatic carbocycles. The Labute approximate surface area is 190 Å². The predicted molar refractivity (Wildman–Crippen MR) is 123 cm³/mol. The van der Waals surface area contributed by atoms with Crippen molar-refractivity contribution in [2.45, 2.75) is 25.9 Å². The van der Waals surface area contributed by atoms with E-state index in [2.05, 4.69) is 15.3 Å². The highest BCUT2D eigenvalue weighted by atomic mass is 19.1. The standard InChI is InChI=1S/C24H25FN6O2/c1-4-27-21(32)19-13-17(14-31(19)5-2)24(22(33)30(3)23(26)29-24)16-9-6-8-15(12-16)18-10-7-11-28-20(18)25/h6-14H,4-5H2,1-3H3,(H2,26,29)(H,27,32). The van der Waals surface area contributed by atoms with Gasteiger partial charge in [-0.25, -0.2) is 9.98 Å². The number of nitrogens with zero attached hydrogens (tertiary/aromatic N) is 4. The molecule has 1 atom stereocenters. The van der Waals surface area contributed by atoms with Crippen LogP contribution >= 0.6 is 0 Å². The van der Waals surface area contributed by atoms with E-state index < -0.39 is 11.5 Å². The second-order valence-corrected chi connectivity index (χ2v) is 7.73. The highest BCUT2D eigenvalue weighted by Crippen LogP contribution is 2.41. The average molecular weight is 449 g/mol. The number of likely N-dealkylation sites (N-methyl/N-ethyl adjacent to an activating group) is 1. The van der Waals surface area contributed by atoms with Crippen molar-refractivity contribution < 1.29 is 14.0 Å². The number of aliphatic imine (C=N–C) groups is 1. The van der Waals surface area contributed by atoms with Gasteiger partial charge in [-0.2, -0.15) is 4.39 Å². The molecule has 1 unspecified atom stereocenters. The van der Waals surface area contributed by atoms with Crippen molar-refractivity contribution in [3.8, 4) is 11.1 Å². The number of nitrogens with two attached hydrogens (primary N) is 1. The van der Waals surface area contributed by atoms with Gasteiger partial charge in [0.2, 0.25) is 5.95 Å². The van der Waals surface area contributed by atoms with Crippen molar-refractivity contribution in [3.05, 3.63) is 77.6 Å². The molecule has 9 heteroatoms. The first kappa shape index (κ1) is 22.2. The van der Waals surface area contributed by atoms with Crippen molar-refractivity contribution in [1.82, 2.24) is 19.8 Å². The molecule has 1 aliphatic rings. The minimum absolute atomic E-state index is 0.0572. The first-order valence-corrected chi connectivity index (χ1v) is 10.7. The van der Waals surface area contributed by atoms with Gasteiger partial charge >= 0.3 is 0 Å². The van der Waals surface area contributed by atoms with Gasteiger partial charge < -0.3 is 15.6 Å². The summed E-state index contributed by atoms with van der Waals surface area (Å²) in [4.78, 5) is 35.8. The summed E-state index contributed by atoms with van der Waals surface area (Å²) in [7, 11) is 1.55. The van der Waals surface area contributed by atoms with Crippen LogP contribution in [0.15, 0.2) is 59.9 Å². The number of aryl methyl sites for hydroxylation is 1. The predicted octanol–water partition coefficient (Wildman–Crippen LogP) is 2.49. The van der Waals surface area contributed by atoms with Gasteiger partial charge in [-0.05, 0) is 49.2 Å². The number of carbonyl (C=O) groups excluding carboxylic acids is 2. The van der Waals surface area contributed by atoms with Gasteiger partial charge in [0.25, 0.3) is 11.8 Å². The number of hydrogen-bond acceptors (Lipinski definition) is 5. The fraction of sp³-hybridized carbons (Fsp3) is 0.250. The van der Waals surface area contributed by atoms with E-state index in [0.29, 0.717) is 41.0 Å². The zero-order valence-electron chi connectivity index (χ0n) is 18.7. The summed E-state index contributed by atoms with van der Waals surface area (Å²) in [5, 5.41) is 2.79.